The van der Waals surface area contributed by atoms with Gasteiger partial charge in [-0.1, -0.05) is 42.1 Å². The van der Waals surface area contributed by atoms with Crippen molar-refractivity contribution >= 4 is 28.7 Å². The first-order valence-electron chi connectivity index (χ1n) is 4.86. The molecule has 1 aliphatic rings. The van der Waals surface area contributed by atoms with E-state index in [0.29, 0.717) is 5.04 Å². The first-order valence-corrected chi connectivity index (χ1v) is 5.68. The molecule has 0 aromatic heterocycles. The number of nitrogens with zero attached hydrogens (tertiary/aromatic N) is 1. The molecule has 4 nitrogen and oxygen atoms in total. The second-order valence-electron chi connectivity index (χ2n) is 3.22. The highest BCUT2D eigenvalue weighted by molar-refractivity contribution is 8.19. The number of rotatable bonds is 2. The summed E-state index contributed by atoms with van der Waals surface area (Å²) in [6.45, 7) is 0. The molecule has 17 heavy (non-hydrogen) atoms. The number of hydrogen-bond donors (Lipinski definition) is 0. The lowest BCUT2D eigenvalue weighted by molar-refractivity contribution is -0.135. The highest BCUT2D eigenvalue weighted by atomic mass is 32.2. The zero-order chi connectivity index (χ0) is 12.3. The monoisotopic (exact) mass is 247 g/mol. The molecule has 0 atom stereocenters. The molecule has 1 heterocycles. The second kappa shape index (κ2) is 4.97. The Bertz CT molecular complexity index is 520. The summed E-state index contributed by atoms with van der Waals surface area (Å²) in [5, 5.41) is 0.603. The molecule has 0 radical (unpaired) electrons. The summed E-state index contributed by atoms with van der Waals surface area (Å²) in [4.78, 5) is 26.7. The SMILES string of the molecule is COC(=O)/C=C1\SC(c2ccccc2)=NC1=O. The lowest BCUT2D eigenvalue weighted by Gasteiger charge is -1.97. The van der Waals surface area contributed by atoms with Gasteiger partial charge in [-0.05, 0) is 0 Å². The van der Waals surface area contributed by atoms with Crippen LogP contribution in [-0.4, -0.2) is 24.0 Å². The van der Waals surface area contributed by atoms with E-state index in [1.54, 1.807) is 0 Å². The highest BCUT2D eigenvalue weighted by Crippen LogP contribution is 2.29. The van der Waals surface area contributed by atoms with Crippen LogP contribution in [0.3, 0.4) is 0 Å². The minimum absolute atomic E-state index is 0.288. The molecule has 0 N–H and O–H groups in total. The van der Waals surface area contributed by atoms with Gasteiger partial charge in [-0.2, -0.15) is 0 Å². The fourth-order valence-electron chi connectivity index (χ4n) is 1.28. The fourth-order valence-corrected chi connectivity index (χ4v) is 2.16. The molecule has 0 fully saturated rings. The normalized spacial score (nSPS) is 17.1. The van der Waals surface area contributed by atoms with Gasteiger partial charge in [0.15, 0.2) is 0 Å². The summed E-state index contributed by atoms with van der Waals surface area (Å²) in [5.74, 6) is -0.954. The van der Waals surface area contributed by atoms with Crippen molar-refractivity contribution < 1.29 is 14.3 Å². The number of amides is 1. The maximum absolute atomic E-state index is 11.5. The van der Waals surface area contributed by atoms with Crippen LogP contribution in [0, 0.1) is 0 Å². The van der Waals surface area contributed by atoms with Crippen molar-refractivity contribution in [3.63, 3.8) is 0 Å². The summed E-state index contributed by atoms with van der Waals surface area (Å²) >= 11 is 1.18. The zero-order valence-corrected chi connectivity index (χ0v) is 9.86. The Morgan fingerprint density at radius 1 is 1.35 bits per heavy atom. The molecular weight excluding hydrogens is 238 g/mol. The van der Waals surface area contributed by atoms with E-state index in [1.807, 2.05) is 30.3 Å². The number of esters is 1. The van der Waals surface area contributed by atoms with Gasteiger partial charge >= 0.3 is 5.97 Å². The largest absolute Gasteiger partial charge is 0.466 e. The van der Waals surface area contributed by atoms with E-state index in [2.05, 4.69) is 9.73 Å². The van der Waals surface area contributed by atoms with Crippen LogP contribution in [0.15, 0.2) is 46.3 Å². The van der Waals surface area contributed by atoms with Crippen molar-refractivity contribution in [3.05, 3.63) is 46.9 Å². The van der Waals surface area contributed by atoms with Crippen molar-refractivity contribution in [1.29, 1.82) is 0 Å². The van der Waals surface area contributed by atoms with E-state index in [9.17, 15) is 9.59 Å². The van der Waals surface area contributed by atoms with E-state index in [4.69, 9.17) is 0 Å². The van der Waals surface area contributed by atoms with Crippen LogP contribution in [0.1, 0.15) is 5.56 Å². The van der Waals surface area contributed by atoms with Crippen molar-refractivity contribution in [1.82, 2.24) is 0 Å². The molecule has 1 amide bonds. The van der Waals surface area contributed by atoms with Crippen LogP contribution in [0.25, 0.3) is 0 Å². The topological polar surface area (TPSA) is 55.7 Å². The summed E-state index contributed by atoms with van der Waals surface area (Å²) < 4.78 is 4.47. The van der Waals surface area contributed by atoms with Gasteiger partial charge in [0, 0.05) is 11.6 Å². The highest BCUT2D eigenvalue weighted by Gasteiger charge is 2.23. The third-order valence-electron chi connectivity index (χ3n) is 2.09. The molecule has 0 saturated heterocycles. The third-order valence-corrected chi connectivity index (χ3v) is 3.12. The smallest absolute Gasteiger partial charge is 0.331 e. The molecule has 0 unspecified atom stereocenters. The van der Waals surface area contributed by atoms with Gasteiger partial charge in [-0.15, -0.1) is 0 Å². The molecule has 0 saturated carbocycles. The lowest BCUT2D eigenvalue weighted by Crippen LogP contribution is -1.98. The number of hydrogen-bond acceptors (Lipinski definition) is 4. The summed E-state index contributed by atoms with van der Waals surface area (Å²) in [6.07, 6.45) is 1.16. The summed E-state index contributed by atoms with van der Waals surface area (Å²) in [7, 11) is 1.27. The van der Waals surface area contributed by atoms with Crippen LogP contribution in [0.4, 0.5) is 0 Å². The second-order valence-corrected chi connectivity index (χ2v) is 4.25. The van der Waals surface area contributed by atoms with Crippen LogP contribution in [-0.2, 0) is 14.3 Å². The van der Waals surface area contributed by atoms with E-state index < -0.39 is 11.9 Å². The van der Waals surface area contributed by atoms with E-state index in [-0.39, 0.29) is 4.91 Å². The molecule has 0 spiro atoms. The predicted molar refractivity (Wildman–Crippen MR) is 65.7 cm³/mol. The van der Waals surface area contributed by atoms with Gasteiger partial charge in [0.05, 0.1) is 12.0 Å². The number of thioether (sulfide) groups is 1. The lowest BCUT2D eigenvalue weighted by atomic mass is 10.2. The van der Waals surface area contributed by atoms with E-state index >= 15 is 0 Å². The number of methoxy groups -OCH3 is 1. The number of carbonyl (C=O) groups is 2. The molecule has 86 valence electrons. The minimum Gasteiger partial charge on any atom is -0.466 e. The van der Waals surface area contributed by atoms with Crippen molar-refractivity contribution in [3.8, 4) is 0 Å². The predicted octanol–water partition coefficient (Wildman–Crippen LogP) is 1.76. The Labute approximate surface area is 102 Å². The first kappa shape index (κ1) is 11.6. The molecule has 2 rings (SSSR count). The molecular formula is C12H9NO3S. The maximum atomic E-state index is 11.5. The van der Waals surface area contributed by atoms with Gasteiger partial charge in [-0.3, -0.25) is 4.79 Å². The Balaban J connectivity index is 2.22. The number of carbonyl (C=O) groups excluding carboxylic acids is 2. The van der Waals surface area contributed by atoms with Gasteiger partial charge < -0.3 is 4.74 Å². The van der Waals surface area contributed by atoms with Crippen LogP contribution in [0.5, 0.6) is 0 Å². The Morgan fingerprint density at radius 2 is 2.06 bits per heavy atom. The van der Waals surface area contributed by atoms with Crippen LogP contribution < -0.4 is 0 Å². The minimum atomic E-state index is -0.551. The number of aliphatic imine (C=N–C) groups is 1. The average molecular weight is 247 g/mol. The van der Waals surface area contributed by atoms with Crippen LogP contribution in [0.2, 0.25) is 0 Å². The number of benzene rings is 1. The Kier molecular flexibility index (Phi) is 3.39. The molecule has 1 aliphatic heterocycles. The summed E-state index contributed by atoms with van der Waals surface area (Å²) in [5.41, 5.74) is 0.860. The van der Waals surface area contributed by atoms with Gasteiger partial charge in [0.2, 0.25) is 0 Å². The standard InChI is InChI=1S/C12H9NO3S/c1-16-10(14)7-9-11(15)13-12(17-9)8-5-3-2-4-6-8/h2-7H,1H3/b9-7-. The molecule has 0 aliphatic carbocycles. The zero-order valence-electron chi connectivity index (χ0n) is 9.04. The molecule has 5 heteroatoms. The van der Waals surface area contributed by atoms with Crippen molar-refractivity contribution in [2.75, 3.05) is 7.11 Å². The Hall–Kier alpha value is -1.88. The number of ether oxygens (including phenoxy) is 1. The van der Waals surface area contributed by atoms with Gasteiger partial charge in [0.1, 0.15) is 5.04 Å². The average Bonchev–Trinajstić information content (AvgIpc) is 2.72. The van der Waals surface area contributed by atoms with Crippen molar-refractivity contribution in [2.45, 2.75) is 0 Å². The van der Waals surface area contributed by atoms with Gasteiger partial charge in [0.25, 0.3) is 5.91 Å². The first-order chi connectivity index (χ1) is 8.20. The fraction of sp³-hybridized carbons (Fsp3) is 0.0833. The Morgan fingerprint density at radius 3 is 2.71 bits per heavy atom. The van der Waals surface area contributed by atoms with Gasteiger partial charge in [-0.25, -0.2) is 9.79 Å². The quantitative estimate of drug-likeness (QED) is 0.590. The molecule has 0 bridgehead atoms. The molecule has 1 aromatic carbocycles. The maximum Gasteiger partial charge on any atom is 0.331 e. The van der Waals surface area contributed by atoms with E-state index in [1.165, 1.54) is 18.9 Å². The molecule has 1 aromatic rings. The van der Waals surface area contributed by atoms with E-state index in [0.717, 1.165) is 11.6 Å². The van der Waals surface area contributed by atoms with Crippen molar-refractivity contribution in [2.24, 2.45) is 4.99 Å². The summed E-state index contributed by atoms with van der Waals surface area (Å²) in [6, 6.07) is 9.34. The third kappa shape index (κ3) is 2.62. The van der Waals surface area contributed by atoms with Crippen LogP contribution >= 0.6 is 11.8 Å².